The van der Waals surface area contributed by atoms with Crippen molar-refractivity contribution in [3.8, 4) is 11.1 Å². The lowest BCUT2D eigenvalue weighted by Gasteiger charge is -2.22. The predicted octanol–water partition coefficient (Wildman–Crippen LogP) is 2.54. The van der Waals surface area contributed by atoms with E-state index < -0.39 is 16.1 Å². The number of urea groups is 1. The van der Waals surface area contributed by atoms with E-state index in [0.717, 1.165) is 0 Å². The van der Waals surface area contributed by atoms with Crippen molar-refractivity contribution in [3.63, 3.8) is 0 Å². The highest BCUT2D eigenvalue weighted by Crippen LogP contribution is 2.28. The van der Waals surface area contributed by atoms with E-state index in [-0.39, 0.29) is 10.8 Å². The summed E-state index contributed by atoms with van der Waals surface area (Å²) >= 11 is 0. The molecule has 0 bridgehead atoms. The van der Waals surface area contributed by atoms with Crippen molar-refractivity contribution < 1.29 is 13.2 Å². The van der Waals surface area contributed by atoms with Gasteiger partial charge in [0.15, 0.2) is 0 Å². The summed E-state index contributed by atoms with van der Waals surface area (Å²) in [7, 11) is -3.82. The summed E-state index contributed by atoms with van der Waals surface area (Å²) in [6, 6.07) is 13.0. The summed E-state index contributed by atoms with van der Waals surface area (Å²) in [5.74, 6) is 0.264. The average molecular weight is 347 g/mol. The van der Waals surface area contributed by atoms with Gasteiger partial charge < -0.3 is 5.73 Å². The second-order valence-electron chi connectivity index (χ2n) is 5.93. The first-order valence-corrected chi connectivity index (χ1v) is 9.04. The van der Waals surface area contributed by atoms with Gasteiger partial charge in [0.2, 0.25) is 10.0 Å². The second-order valence-corrected chi connectivity index (χ2v) is 7.46. The number of primary sulfonamides is 1. The van der Waals surface area contributed by atoms with E-state index in [1.165, 1.54) is 11.0 Å². The van der Waals surface area contributed by atoms with Crippen LogP contribution < -0.4 is 15.8 Å². The molecule has 0 spiro atoms. The van der Waals surface area contributed by atoms with Gasteiger partial charge in [-0.2, -0.15) is 0 Å². The van der Waals surface area contributed by atoms with Crippen molar-refractivity contribution >= 4 is 21.7 Å². The predicted molar refractivity (Wildman–Crippen MR) is 95.0 cm³/mol. The van der Waals surface area contributed by atoms with E-state index >= 15 is 0 Å². The molecule has 4 N–H and O–H groups in total. The van der Waals surface area contributed by atoms with Crippen molar-refractivity contribution in [2.24, 2.45) is 16.8 Å². The number of sulfonamides is 1. The first kappa shape index (κ1) is 18.0. The third-order valence-corrected chi connectivity index (χ3v) is 4.47. The Morgan fingerprint density at radius 3 is 2.17 bits per heavy atom. The first-order chi connectivity index (χ1) is 11.2. The summed E-state index contributed by atoms with van der Waals surface area (Å²) in [5, 5.41) is 5.27. The number of nitrogens with zero attached hydrogens (tertiary/aromatic N) is 1. The summed E-state index contributed by atoms with van der Waals surface area (Å²) in [6.07, 6.45) is 0. The maximum atomic E-state index is 11.7. The molecule has 0 aromatic heterocycles. The lowest BCUT2D eigenvalue weighted by molar-refractivity contribution is 0.253. The third-order valence-electron chi connectivity index (χ3n) is 3.50. The number of benzene rings is 2. The van der Waals surface area contributed by atoms with Crippen LogP contribution in [0.25, 0.3) is 11.1 Å². The highest BCUT2D eigenvalue weighted by molar-refractivity contribution is 7.89. The SMILES string of the molecule is CC(C)CN(C(N)=O)c1ccc(-c2ccccc2S(N)(=O)=O)cc1. The smallest absolute Gasteiger partial charge is 0.319 e. The van der Waals surface area contributed by atoms with Gasteiger partial charge in [0.25, 0.3) is 0 Å². The molecule has 0 aliphatic rings. The van der Waals surface area contributed by atoms with Crippen molar-refractivity contribution in [1.29, 1.82) is 0 Å². The molecule has 0 atom stereocenters. The van der Waals surface area contributed by atoms with Gasteiger partial charge in [-0.25, -0.2) is 18.4 Å². The van der Waals surface area contributed by atoms with Gasteiger partial charge >= 0.3 is 6.03 Å². The Kier molecular flexibility index (Phi) is 5.26. The van der Waals surface area contributed by atoms with E-state index in [9.17, 15) is 13.2 Å². The van der Waals surface area contributed by atoms with Gasteiger partial charge in [-0.1, -0.05) is 44.2 Å². The summed E-state index contributed by atoms with van der Waals surface area (Å²) < 4.78 is 23.4. The van der Waals surface area contributed by atoms with Gasteiger partial charge in [-0.15, -0.1) is 0 Å². The van der Waals surface area contributed by atoms with Gasteiger partial charge in [0.1, 0.15) is 0 Å². The number of carbonyl (C=O) groups is 1. The number of nitrogens with two attached hydrogens (primary N) is 2. The van der Waals surface area contributed by atoms with Gasteiger partial charge in [0, 0.05) is 17.8 Å². The van der Waals surface area contributed by atoms with Gasteiger partial charge in [-0.05, 0) is 29.7 Å². The van der Waals surface area contributed by atoms with E-state index in [1.807, 2.05) is 13.8 Å². The molecule has 0 aliphatic heterocycles. The maximum Gasteiger partial charge on any atom is 0.319 e. The number of primary amides is 1. The molecule has 0 unspecified atom stereocenters. The molecular formula is C17H21N3O3S. The molecule has 2 aromatic carbocycles. The van der Waals surface area contributed by atoms with Crippen LogP contribution in [0.3, 0.4) is 0 Å². The Hall–Kier alpha value is -2.38. The van der Waals surface area contributed by atoms with E-state index in [2.05, 4.69) is 0 Å². The number of amides is 2. The minimum atomic E-state index is -3.82. The largest absolute Gasteiger partial charge is 0.351 e. The molecular weight excluding hydrogens is 326 g/mol. The van der Waals surface area contributed by atoms with E-state index in [4.69, 9.17) is 10.9 Å². The fourth-order valence-electron chi connectivity index (χ4n) is 2.46. The van der Waals surface area contributed by atoms with Crippen molar-refractivity contribution in [2.75, 3.05) is 11.4 Å². The van der Waals surface area contributed by atoms with Crippen LogP contribution in [-0.2, 0) is 10.0 Å². The van der Waals surface area contributed by atoms with Crippen LogP contribution in [0, 0.1) is 5.92 Å². The Balaban J connectivity index is 2.42. The number of carbonyl (C=O) groups excluding carboxylic acids is 1. The minimum Gasteiger partial charge on any atom is -0.351 e. The van der Waals surface area contributed by atoms with Crippen LogP contribution in [0.1, 0.15) is 13.8 Å². The van der Waals surface area contributed by atoms with Crippen LogP contribution in [0.4, 0.5) is 10.5 Å². The molecule has 2 rings (SSSR count). The van der Waals surface area contributed by atoms with Crippen LogP contribution in [0.15, 0.2) is 53.4 Å². The molecule has 0 heterocycles. The molecule has 0 aliphatic carbocycles. The van der Waals surface area contributed by atoms with E-state index in [0.29, 0.717) is 23.4 Å². The number of hydrogen-bond donors (Lipinski definition) is 2. The molecule has 6 nitrogen and oxygen atoms in total. The highest BCUT2D eigenvalue weighted by atomic mass is 32.2. The number of rotatable bonds is 5. The van der Waals surface area contributed by atoms with Crippen LogP contribution >= 0.6 is 0 Å². The maximum absolute atomic E-state index is 11.7. The van der Waals surface area contributed by atoms with Gasteiger partial charge in [-0.3, -0.25) is 4.90 Å². The zero-order valence-electron chi connectivity index (χ0n) is 13.6. The van der Waals surface area contributed by atoms with Gasteiger partial charge in [0.05, 0.1) is 4.90 Å². The van der Waals surface area contributed by atoms with Crippen molar-refractivity contribution in [3.05, 3.63) is 48.5 Å². The second kappa shape index (κ2) is 7.02. The summed E-state index contributed by atoms with van der Waals surface area (Å²) in [4.78, 5) is 13.2. The van der Waals surface area contributed by atoms with Crippen LogP contribution in [0.5, 0.6) is 0 Å². The fourth-order valence-corrected chi connectivity index (χ4v) is 3.22. The first-order valence-electron chi connectivity index (χ1n) is 7.49. The summed E-state index contributed by atoms with van der Waals surface area (Å²) in [6.45, 7) is 4.49. The van der Waals surface area contributed by atoms with Crippen molar-refractivity contribution in [2.45, 2.75) is 18.7 Å². The molecule has 128 valence electrons. The molecule has 2 aromatic rings. The fraction of sp³-hybridized carbons (Fsp3) is 0.235. The van der Waals surface area contributed by atoms with E-state index in [1.54, 1.807) is 42.5 Å². The Morgan fingerprint density at radius 2 is 1.67 bits per heavy atom. The standard InChI is InChI=1S/C17H21N3O3S/c1-12(2)11-20(17(18)21)14-9-7-13(8-10-14)15-5-3-4-6-16(15)24(19,22)23/h3-10,12H,11H2,1-2H3,(H2,18,21)(H2,19,22,23). The zero-order chi connectivity index (χ0) is 17.9. The molecule has 0 fully saturated rings. The molecule has 0 saturated carbocycles. The molecule has 2 amide bonds. The minimum absolute atomic E-state index is 0.0617. The quantitative estimate of drug-likeness (QED) is 0.868. The molecule has 0 saturated heterocycles. The average Bonchev–Trinajstić information content (AvgIpc) is 2.51. The normalized spacial score (nSPS) is 11.5. The lowest BCUT2D eigenvalue weighted by atomic mass is 10.0. The Bertz CT molecular complexity index is 830. The molecule has 24 heavy (non-hydrogen) atoms. The zero-order valence-corrected chi connectivity index (χ0v) is 14.5. The number of anilines is 1. The highest BCUT2D eigenvalue weighted by Gasteiger charge is 2.16. The number of hydrogen-bond acceptors (Lipinski definition) is 3. The Labute approximate surface area is 142 Å². The lowest BCUT2D eigenvalue weighted by Crippen LogP contribution is -2.38. The molecule has 0 radical (unpaired) electrons. The van der Waals surface area contributed by atoms with Crippen LogP contribution in [-0.4, -0.2) is 21.0 Å². The third kappa shape index (κ3) is 4.12. The molecule has 7 heteroatoms. The van der Waals surface area contributed by atoms with Crippen molar-refractivity contribution in [1.82, 2.24) is 0 Å². The van der Waals surface area contributed by atoms with Crippen LogP contribution in [0.2, 0.25) is 0 Å². The Morgan fingerprint density at radius 1 is 1.08 bits per heavy atom. The topological polar surface area (TPSA) is 106 Å². The monoisotopic (exact) mass is 347 g/mol. The summed E-state index contributed by atoms with van der Waals surface area (Å²) in [5.41, 5.74) is 7.31.